The van der Waals surface area contributed by atoms with Crippen LogP contribution in [-0.2, 0) is 21.2 Å². The highest BCUT2D eigenvalue weighted by atomic mass is 35.5. The summed E-state index contributed by atoms with van der Waals surface area (Å²) < 4.78 is 42.4. The number of benzene rings is 2. The lowest BCUT2D eigenvalue weighted by atomic mass is 10.1. The highest BCUT2D eigenvalue weighted by Crippen LogP contribution is 2.38. The number of rotatable bonds is 8. The van der Waals surface area contributed by atoms with Gasteiger partial charge in [0.05, 0.1) is 5.52 Å². The van der Waals surface area contributed by atoms with Crippen LogP contribution in [0, 0.1) is 5.82 Å². The van der Waals surface area contributed by atoms with Gasteiger partial charge < -0.3 is 5.11 Å². The van der Waals surface area contributed by atoms with Gasteiger partial charge in [0.25, 0.3) is 10.0 Å². The van der Waals surface area contributed by atoms with Crippen molar-refractivity contribution in [3.05, 3.63) is 94.7 Å². The number of aliphatic carboxylic acids is 1. The summed E-state index contributed by atoms with van der Waals surface area (Å²) >= 11 is 7.29. The first-order valence-corrected chi connectivity index (χ1v) is 12.6. The van der Waals surface area contributed by atoms with Crippen LogP contribution in [0.1, 0.15) is 22.1 Å². The van der Waals surface area contributed by atoms with Gasteiger partial charge in [-0.15, -0.1) is 17.9 Å². The van der Waals surface area contributed by atoms with Crippen LogP contribution in [0.5, 0.6) is 0 Å². The maximum atomic E-state index is 13.9. The van der Waals surface area contributed by atoms with Gasteiger partial charge in [-0.1, -0.05) is 29.8 Å². The molecule has 0 spiro atoms. The first-order valence-electron chi connectivity index (χ1n) is 9.94. The van der Waals surface area contributed by atoms with Crippen molar-refractivity contribution in [2.24, 2.45) is 0 Å². The number of nitrogens with zero attached hydrogens (tertiary/aromatic N) is 1. The van der Waals surface area contributed by atoms with E-state index < -0.39 is 27.1 Å². The van der Waals surface area contributed by atoms with E-state index in [-0.39, 0.29) is 18.4 Å². The van der Waals surface area contributed by atoms with E-state index >= 15 is 0 Å². The van der Waals surface area contributed by atoms with E-state index in [1.165, 1.54) is 41.8 Å². The molecule has 0 aliphatic carbocycles. The van der Waals surface area contributed by atoms with Crippen molar-refractivity contribution in [3.63, 3.8) is 0 Å². The molecule has 0 saturated heterocycles. The first-order chi connectivity index (χ1) is 15.7. The SMILES string of the molecule is C=CC(c1ccc(-c2ccc(Cl)cc2)s1)S(=O)(=O)n1cc(CCC(=O)O)c2cc(F)ccc21. The molecule has 2 heterocycles. The number of halogens is 2. The average molecular weight is 504 g/mol. The molecule has 9 heteroatoms. The lowest BCUT2D eigenvalue weighted by molar-refractivity contribution is -0.136. The van der Waals surface area contributed by atoms with E-state index in [9.17, 15) is 17.6 Å². The third kappa shape index (κ3) is 4.59. The minimum atomic E-state index is -4.02. The van der Waals surface area contributed by atoms with Crippen molar-refractivity contribution in [3.8, 4) is 10.4 Å². The highest BCUT2D eigenvalue weighted by molar-refractivity contribution is 7.90. The van der Waals surface area contributed by atoms with Crippen LogP contribution in [0.2, 0.25) is 5.02 Å². The Hall–Kier alpha value is -2.94. The molecule has 4 rings (SSSR count). The number of carboxylic acids is 1. The fraction of sp³-hybridized carbons (Fsp3) is 0.125. The molecule has 1 N–H and O–H groups in total. The summed E-state index contributed by atoms with van der Waals surface area (Å²) in [4.78, 5) is 12.5. The summed E-state index contributed by atoms with van der Waals surface area (Å²) in [6.07, 6.45) is 2.62. The molecule has 170 valence electrons. The molecular weight excluding hydrogens is 485 g/mol. The number of aromatic nitrogens is 1. The molecule has 2 aromatic heterocycles. The molecule has 0 bridgehead atoms. The fourth-order valence-electron chi connectivity index (χ4n) is 3.67. The van der Waals surface area contributed by atoms with Crippen LogP contribution in [0.25, 0.3) is 21.3 Å². The second kappa shape index (κ2) is 9.13. The number of aryl methyl sites for hydroxylation is 1. The molecule has 2 aromatic carbocycles. The Morgan fingerprint density at radius 1 is 1.18 bits per heavy atom. The molecule has 0 fully saturated rings. The number of hydrogen-bond acceptors (Lipinski definition) is 4. The lowest BCUT2D eigenvalue weighted by Gasteiger charge is -2.14. The van der Waals surface area contributed by atoms with Gasteiger partial charge in [0.2, 0.25) is 0 Å². The number of carboxylic acid groups (broad SMARTS) is 1. The molecule has 0 saturated carbocycles. The summed E-state index contributed by atoms with van der Waals surface area (Å²) in [7, 11) is -4.02. The third-order valence-electron chi connectivity index (χ3n) is 5.27. The normalized spacial score (nSPS) is 12.7. The zero-order valence-electron chi connectivity index (χ0n) is 17.2. The summed E-state index contributed by atoms with van der Waals surface area (Å²) in [5.41, 5.74) is 1.65. The Morgan fingerprint density at radius 3 is 2.58 bits per heavy atom. The van der Waals surface area contributed by atoms with Crippen LogP contribution in [0.4, 0.5) is 4.39 Å². The van der Waals surface area contributed by atoms with E-state index in [4.69, 9.17) is 16.7 Å². The minimum absolute atomic E-state index is 0.0796. The molecule has 0 aliphatic heterocycles. The van der Waals surface area contributed by atoms with Crippen molar-refractivity contribution in [1.29, 1.82) is 0 Å². The average Bonchev–Trinajstić information content (AvgIpc) is 3.38. The van der Waals surface area contributed by atoms with Crippen molar-refractivity contribution >= 4 is 49.8 Å². The number of fused-ring (bicyclic) bond motifs is 1. The summed E-state index contributed by atoms with van der Waals surface area (Å²) in [6, 6.07) is 14.6. The molecule has 0 amide bonds. The van der Waals surface area contributed by atoms with Crippen LogP contribution < -0.4 is 0 Å². The van der Waals surface area contributed by atoms with Crippen molar-refractivity contribution in [1.82, 2.24) is 3.97 Å². The van der Waals surface area contributed by atoms with Crippen LogP contribution in [0.15, 0.2) is 73.4 Å². The first kappa shape index (κ1) is 23.2. The molecule has 0 radical (unpaired) electrons. The van der Waals surface area contributed by atoms with E-state index in [0.29, 0.717) is 20.8 Å². The topological polar surface area (TPSA) is 76.4 Å². The quantitative estimate of drug-likeness (QED) is 0.287. The molecular formula is C24H19ClFNO4S2. The zero-order valence-corrected chi connectivity index (χ0v) is 19.6. The van der Waals surface area contributed by atoms with Crippen LogP contribution in [0.3, 0.4) is 0 Å². The van der Waals surface area contributed by atoms with Gasteiger partial charge in [-0.25, -0.2) is 16.8 Å². The molecule has 1 atom stereocenters. The maximum absolute atomic E-state index is 13.9. The molecule has 5 nitrogen and oxygen atoms in total. The molecule has 1 unspecified atom stereocenters. The second-order valence-electron chi connectivity index (χ2n) is 7.42. The summed E-state index contributed by atoms with van der Waals surface area (Å²) in [5.74, 6) is -1.55. The Balaban J connectivity index is 1.77. The number of hydrogen-bond donors (Lipinski definition) is 1. The van der Waals surface area contributed by atoms with Crippen molar-refractivity contribution < 1.29 is 22.7 Å². The Labute approximate surface area is 199 Å². The Bertz CT molecular complexity index is 1460. The van der Waals surface area contributed by atoms with Gasteiger partial charge in [0, 0.05) is 32.8 Å². The largest absolute Gasteiger partial charge is 0.481 e. The van der Waals surface area contributed by atoms with Gasteiger partial charge >= 0.3 is 5.97 Å². The Kier molecular flexibility index (Phi) is 6.43. The highest BCUT2D eigenvalue weighted by Gasteiger charge is 2.30. The standard InChI is InChI=1S/C24H19ClFNO4S2/c1-2-23(22-11-10-21(32-22)15-3-6-17(25)7-4-15)33(30,31)27-14-16(5-12-24(28)29)19-13-18(26)8-9-20(19)27/h2-4,6-11,13-14,23H,1,5,12H2,(H,28,29). The van der Waals surface area contributed by atoms with Gasteiger partial charge in [-0.2, -0.15) is 0 Å². The monoisotopic (exact) mass is 503 g/mol. The van der Waals surface area contributed by atoms with E-state index in [0.717, 1.165) is 14.4 Å². The van der Waals surface area contributed by atoms with Gasteiger partial charge in [0.15, 0.2) is 0 Å². The summed E-state index contributed by atoms with van der Waals surface area (Å²) in [5, 5.41) is 8.97. The van der Waals surface area contributed by atoms with Crippen molar-refractivity contribution in [2.45, 2.75) is 18.1 Å². The van der Waals surface area contributed by atoms with E-state index in [1.807, 2.05) is 18.2 Å². The fourth-order valence-corrected chi connectivity index (χ4v) is 6.87. The zero-order chi connectivity index (χ0) is 23.8. The van der Waals surface area contributed by atoms with E-state index in [1.54, 1.807) is 18.2 Å². The van der Waals surface area contributed by atoms with Crippen LogP contribution >= 0.6 is 22.9 Å². The van der Waals surface area contributed by atoms with E-state index in [2.05, 4.69) is 6.58 Å². The van der Waals surface area contributed by atoms with Crippen LogP contribution in [-0.4, -0.2) is 23.5 Å². The minimum Gasteiger partial charge on any atom is -0.481 e. The predicted octanol–water partition coefficient (Wildman–Crippen LogP) is 6.28. The molecule has 33 heavy (non-hydrogen) atoms. The molecule has 0 aliphatic rings. The number of thiophene rings is 1. The third-order valence-corrected chi connectivity index (χ3v) is 8.83. The Morgan fingerprint density at radius 2 is 1.91 bits per heavy atom. The van der Waals surface area contributed by atoms with Crippen molar-refractivity contribution in [2.75, 3.05) is 0 Å². The van der Waals surface area contributed by atoms with Gasteiger partial charge in [-0.05, 0) is 60.0 Å². The summed E-state index contributed by atoms with van der Waals surface area (Å²) in [6.45, 7) is 3.74. The second-order valence-corrected chi connectivity index (χ2v) is 10.9. The predicted molar refractivity (Wildman–Crippen MR) is 130 cm³/mol. The molecule has 4 aromatic rings. The lowest BCUT2D eigenvalue weighted by Crippen LogP contribution is -2.18. The van der Waals surface area contributed by atoms with Gasteiger partial charge in [0.1, 0.15) is 11.1 Å². The smallest absolute Gasteiger partial charge is 0.303 e. The van der Waals surface area contributed by atoms with Gasteiger partial charge in [-0.3, -0.25) is 4.79 Å². The maximum Gasteiger partial charge on any atom is 0.303 e. The number of carbonyl (C=O) groups is 1.